The second kappa shape index (κ2) is 6.71. The van der Waals surface area contributed by atoms with Crippen molar-refractivity contribution in [2.45, 2.75) is 26.8 Å². The molecule has 20 heavy (non-hydrogen) atoms. The predicted octanol–water partition coefficient (Wildman–Crippen LogP) is 3.75. The molecule has 1 heterocycles. The maximum Gasteiger partial charge on any atom is 0.130 e. The van der Waals surface area contributed by atoms with E-state index in [1.807, 2.05) is 13.1 Å². The molecule has 0 fully saturated rings. The molecule has 2 aromatic rings. The number of hydrogen-bond acceptors (Lipinski definition) is 3. The number of rotatable bonds is 6. The maximum absolute atomic E-state index is 4.70. The molecule has 1 aromatic heterocycles. The molecular weight excluding hydrogens is 246 g/mol. The van der Waals surface area contributed by atoms with Crippen LogP contribution in [0.15, 0.2) is 30.3 Å². The van der Waals surface area contributed by atoms with Gasteiger partial charge >= 0.3 is 0 Å². The second-order valence-corrected chi connectivity index (χ2v) is 5.86. The van der Waals surface area contributed by atoms with Crippen LogP contribution in [0.4, 0.5) is 5.82 Å². The molecule has 0 aliphatic rings. The molecule has 0 spiro atoms. The van der Waals surface area contributed by atoms with Crippen molar-refractivity contribution in [3.63, 3.8) is 0 Å². The van der Waals surface area contributed by atoms with E-state index in [4.69, 9.17) is 4.98 Å². The van der Waals surface area contributed by atoms with Crippen LogP contribution in [-0.4, -0.2) is 30.5 Å². The first-order chi connectivity index (χ1) is 9.60. The summed E-state index contributed by atoms with van der Waals surface area (Å²) in [5.41, 5.74) is 2.31. The highest BCUT2D eigenvalue weighted by molar-refractivity contribution is 5.81. The van der Waals surface area contributed by atoms with Crippen LogP contribution in [-0.2, 0) is 6.54 Å². The third kappa shape index (κ3) is 3.70. The largest absolute Gasteiger partial charge is 0.373 e. The Balaban J connectivity index is 2.19. The van der Waals surface area contributed by atoms with Gasteiger partial charge in [-0.2, -0.15) is 0 Å². The molecule has 3 nitrogen and oxygen atoms in total. The summed E-state index contributed by atoms with van der Waals surface area (Å²) in [6.07, 6.45) is 1.23. The van der Waals surface area contributed by atoms with Crippen LogP contribution >= 0.6 is 0 Å². The summed E-state index contributed by atoms with van der Waals surface area (Å²) >= 11 is 0. The van der Waals surface area contributed by atoms with Crippen LogP contribution in [0, 0.1) is 5.92 Å². The Morgan fingerprint density at radius 3 is 2.70 bits per heavy atom. The fraction of sp³-hybridized carbons (Fsp3) is 0.471. The van der Waals surface area contributed by atoms with Gasteiger partial charge in [0.15, 0.2) is 0 Å². The third-order valence-electron chi connectivity index (χ3n) is 3.57. The van der Waals surface area contributed by atoms with Gasteiger partial charge in [0.25, 0.3) is 0 Å². The molecule has 2 rings (SSSR count). The van der Waals surface area contributed by atoms with Crippen LogP contribution in [0.3, 0.4) is 0 Å². The van der Waals surface area contributed by atoms with Gasteiger partial charge in [-0.05, 0) is 38.1 Å². The van der Waals surface area contributed by atoms with Crippen LogP contribution in [0.1, 0.15) is 25.8 Å². The van der Waals surface area contributed by atoms with Gasteiger partial charge in [-0.15, -0.1) is 0 Å². The summed E-state index contributed by atoms with van der Waals surface area (Å²) in [7, 11) is 4.12. The zero-order valence-electron chi connectivity index (χ0n) is 13.0. The molecule has 3 heteroatoms. The van der Waals surface area contributed by atoms with Gasteiger partial charge in [0, 0.05) is 24.5 Å². The van der Waals surface area contributed by atoms with E-state index < -0.39 is 0 Å². The molecule has 1 N–H and O–H groups in total. The number of anilines is 1. The zero-order chi connectivity index (χ0) is 14.5. The van der Waals surface area contributed by atoms with Gasteiger partial charge in [-0.25, -0.2) is 4.98 Å². The number of para-hydroxylation sites is 1. The van der Waals surface area contributed by atoms with Crippen molar-refractivity contribution in [1.29, 1.82) is 0 Å². The van der Waals surface area contributed by atoms with Gasteiger partial charge in [0.05, 0.1) is 5.52 Å². The molecule has 0 radical (unpaired) electrons. The SMILES string of the molecule is CNc1nc2ccccc2cc1CN(C)CCC(C)C. The van der Waals surface area contributed by atoms with Crippen molar-refractivity contribution in [2.24, 2.45) is 5.92 Å². The molecule has 0 saturated heterocycles. The first-order valence-corrected chi connectivity index (χ1v) is 7.35. The van der Waals surface area contributed by atoms with Crippen LogP contribution < -0.4 is 5.32 Å². The van der Waals surface area contributed by atoms with E-state index in [-0.39, 0.29) is 0 Å². The number of aromatic nitrogens is 1. The Morgan fingerprint density at radius 1 is 1.25 bits per heavy atom. The number of benzene rings is 1. The smallest absolute Gasteiger partial charge is 0.130 e. The number of hydrogen-bond donors (Lipinski definition) is 1. The lowest BCUT2D eigenvalue weighted by Crippen LogP contribution is -2.21. The highest BCUT2D eigenvalue weighted by Crippen LogP contribution is 2.21. The summed E-state index contributed by atoms with van der Waals surface area (Å²) in [6, 6.07) is 10.5. The summed E-state index contributed by atoms with van der Waals surface area (Å²) < 4.78 is 0. The third-order valence-corrected chi connectivity index (χ3v) is 3.57. The molecule has 0 aliphatic heterocycles. The van der Waals surface area contributed by atoms with Gasteiger partial charge < -0.3 is 10.2 Å². The molecule has 0 atom stereocenters. The van der Waals surface area contributed by atoms with Crippen molar-refractivity contribution < 1.29 is 0 Å². The predicted molar refractivity (Wildman–Crippen MR) is 87.1 cm³/mol. The molecule has 1 aromatic carbocycles. The monoisotopic (exact) mass is 271 g/mol. The molecule has 0 saturated carbocycles. The molecule has 0 aliphatic carbocycles. The summed E-state index contributed by atoms with van der Waals surface area (Å²) in [5, 5.41) is 4.43. The number of nitrogens with zero attached hydrogens (tertiary/aromatic N) is 2. The van der Waals surface area contributed by atoms with E-state index in [1.54, 1.807) is 0 Å². The van der Waals surface area contributed by atoms with E-state index >= 15 is 0 Å². The lowest BCUT2D eigenvalue weighted by Gasteiger charge is -2.19. The lowest BCUT2D eigenvalue weighted by atomic mass is 10.1. The first-order valence-electron chi connectivity index (χ1n) is 7.35. The number of fused-ring (bicyclic) bond motifs is 1. The van der Waals surface area contributed by atoms with Crippen LogP contribution in [0.5, 0.6) is 0 Å². The maximum atomic E-state index is 4.70. The Kier molecular flexibility index (Phi) is 4.96. The quantitative estimate of drug-likeness (QED) is 0.867. The number of nitrogens with one attached hydrogen (secondary N) is 1. The van der Waals surface area contributed by atoms with Gasteiger partial charge in [0.2, 0.25) is 0 Å². The van der Waals surface area contributed by atoms with Gasteiger partial charge in [0.1, 0.15) is 5.82 Å². The summed E-state index contributed by atoms with van der Waals surface area (Å²) in [4.78, 5) is 7.07. The Morgan fingerprint density at radius 2 is 2.00 bits per heavy atom. The van der Waals surface area contributed by atoms with E-state index in [1.165, 1.54) is 17.4 Å². The minimum atomic E-state index is 0.746. The number of pyridine rings is 1. The van der Waals surface area contributed by atoms with E-state index in [9.17, 15) is 0 Å². The van der Waals surface area contributed by atoms with Crippen LogP contribution in [0.2, 0.25) is 0 Å². The standard InChI is InChI=1S/C17H25N3/c1-13(2)9-10-20(4)12-15-11-14-7-5-6-8-16(14)19-17(15)18-3/h5-8,11,13H,9-10,12H2,1-4H3,(H,18,19). The topological polar surface area (TPSA) is 28.2 Å². The Bertz CT molecular complexity index is 563. The van der Waals surface area contributed by atoms with E-state index in [0.29, 0.717) is 0 Å². The molecule has 108 valence electrons. The first kappa shape index (κ1) is 14.8. The van der Waals surface area contributed by atoms with Crippen molar-refractivity contribution in [3.05, 3.63) is 35.9 Å². The second-order valence-electron chi connectivity index (χ2n) is 5.86. The van der Waals surface area contributed by atoms with Gasteiger partial charge in [-0.3, -0.25) is 0 Å². The Hall–Kier alpha value is -1.61. The van der Waals surface area contributed by atoms with E-state index in [0.717, 1.165) is 30.3 Å². The Labute approximate surface area is 122 Å². The average molecular weight is 271 g/mol. The fourth-order valence-electron chi connectivity index (χ4n) is 2.35. The van der Waals surface area contributed by atoms with Crippen LogP contribution in [0.25, 0.3) is 10.9 Å². The normalized spacial score (nSPS) is 11.5. The molecule has 0 amide bonds. The lowest BCUT2D eigenvalue weighted by molar-refractivity contribution is 0.304. The fourth-order valence-corrected chi connectivity index (χ4v) is 2.35. The van der Waals surface area contributed by atoms with Crippen molar-refractivity contribution in [3.8, 4) is 0 Å². The zero-order valence-corrected chi connectivity index (χ0v) is 13.0. The molecule has 0 unspecified atom stereocenters. The molecule has 0 bridgehead atoms. The van der Waals surface area contributed by atoms with Gasteiger partial charge in [-0.1, -0.05) is 32.0 Å². The highest BCUT2D eigenvalue weighted by Gasteiger charge is 2.08. The molecular formula is C17H25N3. The average Bonchev–Trinajstić information content (AvgIpc) is 2.44. The summed E-state index contributed by atoms with van der Waals surface area (Å²) in [6.45, 7) is 6.59. The summed E-state index contributed by atoms with van der Waals surface area (Å²) in [5.74, 6) is 1.73. The van der Waals surface area contributed by atoms with Crippen molar-refractivity contribution in [1.82, 2.24) is 9.88 Å². The minimum Gasteiger partial charge on any atom is -0.373 e. The van der Waals surface area contributed by atoms with Crippen molar-refractivity contribution in [2.75, 3.05) is 26.0 Å². The minimum absolute atomic E-state index is 0.746. The van der Waals surface area contributed by atoms with Crippen molar-refractivity contribution >= 4 is 16.7 Å². The van der Waals surface area contributed by atoms with E-state index in [2.05, 4.69) is 55.4 Å². The highest BCUT2D eigenvalue weighted by atomic mass is 15.1.